The average molecular weight is 224 g/mol. The van der Waals surface area contributed by atoms with E-state index in [9.17, 15) is 9.59 Å². The standard InChI is InChI=1S/C9H10N2O3.C2H6/c10-6-1-3-7(4-2-6)11-8(12)5-9(13)14;1-2/h1-4H,5,10H2,(H,11,12)(H,13,14);1-2H3. The van der Waals surface area contributed by atoms with E-state index in [2.05, 4.69) is 5.32 Å². The lowest BCUT2D eigenvalue weighted by atomic mass is 10.3. The molecule has 0 aliphatic heterocycles. The molecule has 16 heavy (non-hydrogen) atoms. The number of aliphatic carboxylic acids is 1. The first-order valence-corrected chi connectivity index (χ1v) is 4.95. The van der Waals surface area contributed by atoms with Crippen molar-refractivity contribution in [3.05, 3.63) is 24.3 Å². The second-order valence-corrected chi connectivity index (χ2v) is 2.74. The minimum atomic E-state index is -1.15. The molecular weight excluding hydrogens is 208 g/mol. The quantitative estimate of drug-likeness (QED) is 0.538. The molecule has 0 atom stereocenters. The van der Waals surface area contributed by atoms with Gasteiger partial charge in [0.1, 0.15) is 6.42 Å². The Hall–Kier alpha value is -2.04. The van der Waals surface area contributed by atoms with Crippen LogP contribution in [0, 0.1) is 0 Å². The van der Waals surface area contributed by atoms with Gasteiger partial charge >= 0.3 is 5.97 Å². The number of amides is 1. The van der Waals surface area contributed by atoms with Gasteiger partial charge in [-0.3, -0.25) is 9.59 Å². The molecule has 0 fully saturated rings. The Balaban J connectivity index is 0.00000106. The molecule has 0 bridgehead atoms. The van der Waals surface area contributed by atoms with Crippen molar-refractivity contribution in [1.29, 1.82) is 0 Å². The minimum Gasteiger partial charge on any atom is -0.481 e. The van der Waals surface area contributed by atoms with Crippen LogP contribution in [-0.2, 0) is 9.59 Å². The van der Waals surface area contributed by atoms with Crippen molar-refractivity contribution in [1.82, 2.24) is 0 Å². The maximum atomic E-state index is 11.0. The van der Waals surface area contributed by atoms with Crippen molar-refractivity contribution < 1.29 is 14.7 Å². The van der Waals surface area contributed by atoms with E-state index in [0.717, 1.165) is 0 Å². The lowest BCUT2D eigenvalue weighted by Crippen LogP contribution is -2.15. The summed E-state index contributed by atoms with van der Waals surface area (Å²) >= 11 is 0. The number of hydrogen-bond acceptors (Lipinski definition) is 3. The van der Waals surface area contributed by atoms with Gasteiger partial charge in [-0.1, -0.05) is 13.8 Å². The summed E-state index contributed by atoms with van der Waals surface area (Å²) in [7, 11) is 0. The molecule has 0 aliphatic rings. The number of nitrogens with two attached hydrogens (primary N) is 1. The van der Waals surface area contributed by atoms with Gasteiger partial charge in [0, 0.05) is 11.4 Å². The molecule has 5 nitrogen and oxygen atoms in total. The largest absolute Gasteiger partial charge is 0.481 e. The fourth-order valence-electron chi connectivity index (χ4n) is 0.909. The highest BCUT2D eigenvalue weighted by Gasteiger charge is 2.06. The topological polar surface area (TPSA) is 92.4 Å². The van der Waals surface area contributed by atoms with Crippen LogP contribution in [-0.4, -0.2) is 17.0 Å². The molecule has 4 N–H and O–H groups in total. The van der Waals surface area contributed by atoms with Gasteiger partial charge in [0.15, 0.2) is 0 Å². The van der Waals surface area contributed by atoms with Gasteiger partial charge in [0.25, 0.3) is 0 Å². The summed E-state index contributed by atoms with van der Waals surface area (Å²) in [5.41, 5.74) is 6.55. The van der Waals surface area contributed by atoms with Crippen LogP contribution in [0.15, 0.2) is 24.3 Å². The maximum absolute atomic E-state index is 11.0. The van der Waals surface area contributed by atoms with Gasteiger partial charge in [0.05, 0.1) is 0 Å². The highest BCUT2D eigenvalue weighted by molar-refractivity contribution is 6.01. The zero-order valence-corrected chi connectivity index (χ0v) is 9.36. The number of nitrogen functional groups attached to an aromatic ring is 1. The summed E-state index contributed by atoms with van der Waals surface area (Å²) < 4.78 is 0. The molecule has 0 radical (unpaired) electrons. The predicted molar refractivity (Wildman–Crippen MR) is 63.1 cm³/mol. The van der Waals surface area contributed by atoms with Crippen LogP contribution in [0.3, 0.4) is 0 Å². The van der Waals surface area contributed by atoms with Crippen molar-refractivity contribution in [3.63, 3.8) is 0 Å². The van der Waals surface area contributed by atoms with E-state index in [1.807, 2.05) is 13.8 Å². The third-order valence-electron chi connectivity index (χ3n) is 1.51. The van der Waals surface area contributed by atoms with Crippen molar-refractivity contribution in [3.8, 4) is 0 Å². The van der Waals surface area contributed by atoms with Crippen LogP contribution in [0.2, 0.25) is 0 Å². The van der Waals surface area contributed by atoms with Crippen molar-refractivity contribution in [2.45, 2.75) is 20.3 Å². The number of rotatable bonds is 3. The number of hydrogen-bond donors (Lipinski definition) is 3. The predicted octanol–water partition coefficient (Wildman–Crippen LogP) is 1.71. The second kappa shape index (κ2) is 7.28. The maximum Gasteiger partial charge on any atom is 0.312 e. The number of benzene rings is 1. The first-order chi connectivity index (χ1) is 7.58. The van der Waals surface area contributed by atoms with Crippen LogP contribution in [0.5, 0.6) is 0 Å². The van der Waals surface area contributed by atoms with Gasteiger partial charge in [-0.25, -0.2) is 0 Å². The number of carboxylic acids is 1. The summed E-state index contributed by atoms with van der Waals surface area (Å²) in [5.74, 6) is -1.71. The van der Waals surface area contributed by atoms with Crippen LogP contribution in [0.1, 0.15) is 20.3 Å². The van der Waals surface area contributed by atoms with Crippen LogP contribution >= 0.6 is 0 Å². The Kier molecular flexibility index (Phi) is 6.35. The molecular formula is C11H16N2O3. The summed E-state index contributed by atoms with van der Waals surface area (Å²) in [6.07, 6.45) is -0.537. The van der Waals surface area contributed by atoms with Crippen LogP contribution in [0.4, 0.5) is 11.4 Å². The third kappa shape index (κ3) is 5.64. The third-order valence-corrected chi connectivity index (χ3v) is 1.51. The molecule has 0 saturated heterocycles. The van der Waals surface area contributed by atoms with E-state index in [1.165, 1.54) is 0 Å². The van der Waals surface area contributed by atoms with Gasteiger partial charge in [-0.2, -0.15) is 0 Å². The lowest BCUT2D eigenvalue weighted by Gasteiger charge is -2.02. The molecule has 0 saturated carbocycles. The molecule has 5 heteroatoms. The SMILES string of the molecule is CC.Nc1ccc(NC(=O)CC(=O)O)cc1. The molecule has 0 spiro atoms. The summed E-state index contributed by atoms with van der Waals surface area (Å²) in [6, 6.07) is 6.46. The normalized spacial score (nSPS) is 8.62. The van der Waals surface area contributed by atoms with E-state index in [0.29, 0.717) is 11.4 Å². The molecule has 1 aromatic rings. The molecule has 0 aliphatic carbocycles. The van der Waals surface area contributed by atoms with E-state index in [4.69, 9.17) is 10.8 Å². The van der Waals surface area contributed by atoms with Gasteiger partial charge < -0.3 is 16.2 Å². The van der Waals surface area contributed by atoms with E-state index < -0.39 is 18.3 Å². The fourth-order valence-corrected chi connectivity index (χ4v) is 0.909. The summed E-state index contributed by atoms with van der Waals surface area (Å²) in [5, 5.41) is 10.8. The first-order valence-electron chi connectivity index (χ1n) is 4.95. The number of carbonyl (C=O) groups excluding carboxylic acids is 1. The van der Waals surface area contributed by atoms with E-state index >= 15 is 0 Å². The van der Waals surface area contributed by atoms with Crippen molar-refractivity contribution in [2.75, 3.05) is 11.1 Å². The molecule has 0 aromatic heterocycles. The smallest absolute Gasteiger partial charge is 0.312 e. The molecule has 1 rings (SSSR count). The van der Waals surface area contributed by atoms with Crippen LogP contribution < -0.4 is 11.1 Å². The zero-order valence-electron chi connectivity index (χ0n) is 9.36. The molecule has 0 heterocycles. The monoisotopic (exact) mass is 224 g/mol. The van der Waals surface area contributed by atoms with Gasteiger partial charge in [0.2, 0.25) is 5.91 Å². The first kappa shape index (κ1) is 14.0. The molecule has 0 unspecified atom stereocenters. The molecule has 1 amide bonds. The fraction of sp³-hybridized carbons (Fsp3) is 0.273. The Labute approximate surface area is 94.3 Å². The van der Waals surface area contributed by atoms with Crippen molar-refractivity contribution >= 4 is 23.3 Å². The Morgan fingerprint density at radius 3 is 2.19 bits per heavy atom. The highest BCUT2D eigenvalue weighted by atomic mass is 16.4. The zero-order chi connectivity index (χ0) is 12.6. The number of anilines is 2. The minimum absolute atomic E-state index is 0.533. The number of carbonyl (C=O) groups is 2. The molecule has 88 valence electrons. The van der Waals surface area contributed by atoms with Crippen LogP contribution in [0.25, 0.3) is 0 Å². The Bertz CT molecular complexity index is 347. The highest BCUT2D eigenvalue weighted by Crippen LogP contribution is 2.10. The van der Waals surface area contributed by atoms with Gasteiger partial charge in [-0.05, 0) is 24.3 Å². The summed E-state index contributed by atoms with van der Waals surface area (Å²) in [4.78, 5) is 21.2. The molecule has 1 aromatic carbocycles. The van der Waals surface area contributed by atoms with E-state index in [1.54, 1.807) is 24.3 Å². The van der Waals surface area contributed by atoms with Crippen molar-refractivity contribution in [2.24, 2.45) is 0 Å². The Morgan fingerprint density at radius 1 is 1.25 bits per heavy atom. The average Bonchev–Trinajstić information content (AvgIpc) is 2.23. The lowest BCUT2D eigenvalue weighted by molar-refractivity contribution is -0.139. The number of carboxylic acid groups (broad SMARTS) is 1. The van der Waals surface area contributed by atoms with E-state index in [-0.39, 0.29) is 0 Å². The summed E-state index contributed by atoms with van der Waals surface area (Å²) in [6.45, 7) is 4.00. The van der Waals surface area contributed by atoms with Gasteiger partial charge in [-0.15, -0.1) is 0 Å². The second-order valence-electron chi connectivity index (χ2n) is 2.74. The number of nitrogens with one attached hydrogen (secondary N) is 1. The Morgan fingerprint density at radius 2 is 1.75 bits per heavy atom.